The Bertz CT molecular complexity index is 1240. The molecule has 0 unspecified atom stereocenters. The summed E-state index contributed by atoms with van der Waals surface area (Å²) < 4.78 is 11.2. The summed E-state index contributed by atoms with van der Waals surface area (Å²) in [5, 5.41) is 11.3. The smallest absolute Gasteiger partial charge is 0.274 e. The van der Waals surface area contributed by atoms with Crippen molar-refractivity contribution in [1.82, 2.24) is 26.3 Å². The van der Waals surface area contributed by atoms with E-state index in [1.54, 1.807) is 26.0 Å². The van der Waals surface area contributed by atoms with Gasteiger partial charge in [-0.2, -0.15) is 0 Å². The molecule has 4 N–H and O–H groups in total. The van der Waals surface area contributed by atoms with Crippen LogP contribution in [-0.4, -0.2) is 73.5 Å². The van der Waals surface area contributed by atoms with Crippen LogP contribution in [0.3, 0.4) is 0 Å². The lowest BCUT2D eigenvalue weighted by atomic mass is 10.0. The molecule has 12 nitrogen and oxygen atoms in total. The standard InChI is InChI=1S/C29H40N6O6/c1-17(2)23-29-34-24(19(4)41-29)28(39)31-18(3)25(36)30-12-6-5-7-22(27(38)33-23)32-26(37)20-8-10-21(11-9-20)35-13-15-40-16-14-35/h8-11,17-18,22-23H,5-7,12-16H2,1-4H3,(H,30,36)(H,31,39)(H,32,37)(H,33,38)/t18-,22+,23+/m1/s1. The molecule has 0 spiro atoms. The van der Waals surface area contributed by atoms with Gasteiger partial charge >= 0.3 is 0 Å². The van der Waals surface area contributed by atoms with Crippen molar-refractivity contribution in [3.05, 3.63) is 47.2 Å². The summed E-state index contributed by atoms with van der Waals surface area (Å²) in [6.45, 7) is 10.3. The second-order valence-corrected chi connectivity index (χ2v) is 10.8. The minimum atomic E-state index is -0.830. The van der Waals surface area contributed by atoms with Crippen LogP contribution in [-0.2, 0) is 14.3 Å². The third-order valence-corrected chi connectivity index (χ3v) is 7.35. The fourth-order valence-corrected chi connectivity index (χ4v) is 4.85. The molecule has 41 heavy (non-hydrogen) atoms. The Hall–Kier alpha value is -3.93. The Morgan fingerprint density at radius 3 is 2.44 bits per heavy atom. The molecule has 0 saturated carbocycles. The number of benzene rings is 1. The number of oxazole rings is 1. The molecule has 1 aromatic carbocycles. The molecule has 2 aliphatic rings. The van der Waals surface area contributed by atoms with E-state index in [1.807, 2.05) is 26.0 Å². The Morgan fingerprint density at radius 1 is 1.05 bits per heavy atom. The molecular formula is C29H40N6O6. The highest BCUT2D eigenvalue weighted by Crippen LogP contribution is 2.24. The van der Waals surface area contributed by atoms with Crippen LogP contribution in [0.15, 0.2) is 28.7 Å². The van der Waals surface area contributed by atoms with E-state index in [1.165, 1.54) is 0 Å². The van der Waals surface area contributed by atoms with Gasteiger partial charge in [0.2, 0.25) is 17.7 Å². The van der Waals surface area contributed by atoms with Crippen molar-refractivity contribution in [2.24, 2.45) is 5.92 Å². The number of hydrogen-bond donors (Lipinski definition) is 4. The maximum absolute atomic E-state index is 13.5. The largest absolute Gasteiger partial charge is 0.443 e. The van der Waals surface area contributed by atoms with Crippen LogP contribution in [0.5, 0.6) is 0 Å². The SMILES string of the molecule is Cc1oc2nc1C(=O)N[C@H](C)C(=O)NCCCC[C@H](NC(=O)c1ccc(N3CCOCC3)cc1)C(=O)N[C@H]2C(C)C. The number of carbonyl (C=O) groups excluding carboxylic acids is 4. The van der Waals surface area contributed by atoms with Gasteiger partial charge < -0.3 is 35.3 Å². The molecule has 2 bridgehead atoms. The molecular weight excluding hydrogens is 528 g/mol. The molecule has 12 heteroatoms. The number of nitrogens with zero attached hydrogens (tertiary/aromatic N) is 2. The quantitative estimate of drug-likeness (QED) is 0.436. The Labute approximate surface area is 240 Å². The highest BCUT2D eigenvalue weighted by molar-refractivity contribution is 5.98. The lowest BCUT2D eigenvalue weighted by Crippen LogP contribution is -2.48. The summed E-state index contributed by atoms with van der Waals surface area (Å²) in [7, 11) is 0. The van der Waals surface area contributed by atoms with Crippen LogP contribution < -0.4 is 26.2 Å². The van der Waals surface area contributed by atoms with E-state index in [2.05, 4.69) is 31.2 Å². The summed E-state index contributed by atoms with van der Waals surface area (Å²) in [6.07, 6.45) is 1.53. The Balaban J connectivity index is 1.53. The number of hydrogen-bond acceptors (Lipinski definition) is 8. The van der Waals surface area contributed by atoms with Crippen LogP contribution in [0.2, 0.25) is 0 Å². The zero-order valence-electron chi connectivity index (χ0n) is 24.1. The molecule has 1 aromatic heterocycles. The number of aryl methyl sites for hydroxylation is 1. The van der Waals surface area contributed by atoms with E-state index in [9.17, 15) is 19.2 Å². The van der Waals surface area contributed by atoms with Gasteiger partial charge in [-0.1, -0.05) is 13.8 Å². The van der Waals surface area contributed by atoms with Gasteiger partial charge in [0, 0.05) is 30.9 Å². The topological polar surface area (TPSA) is 155 Å². The van der Waals surface area contributed by atoms with E-state index in [-0.39, 0.29) is 41.0 Å². The van der Waals surface area contributed by atoms with E-state index < -0.39 is 24.0 Å². The van der Waals surface area contributed by atoms with Crippen LogP contribution in [0.25, 0.3) is 0 Å². The molecule has 1 saturated heterocycles. The van der Waals surface area contributed by atoms with Gasteiger partial charge in [-0.25, -0.2) is 4.98 Å². The molecule has 0 radical (unpaired) electrons. The number of ether oxygens (including phenoxy) is 1. The van der Waals surface area contributed by atoms with Gasteiger partial charge in [0.05, 0.1) is 13.2 Å². The fourth-order valence-electron chi connectivity index (χ4n) is 4.85. The van der Waals surface area contributed by atoms with Gasteiger partial charge in [0.25, 0.3) is 11.8 Å². The van der Waals surface area contributed by atoms with Crippen LogP contribution in [0.1, 0.15) is 78.6 Å². The second-order valence-electron chi connectivity index (χ2n) is 10.8. The van der Waals surface area contributed by atoms with Crippen molar-refractivity contribution in [2.75, 3.05) is 37.7 Å². The van der Waals surface area contributed by atoms with Crippen molar-refractivity contribution in [3.8, 4) is 0 Å². The van der Waals surface area contributed by atoms with Crippen molar-refractivity contribution in [3.63, 3.8) is 0 Å². The summed E-state index contributed by atoms with van der Waals surface area (Å²) in [5.41, 5.74) is 1.51. The predicted molar refractivity (Wildman–Crippen MR) is 151 cm³/mol. The van der Waals surface area contributed by atoms with E-state index in [0.717, 1.165) is 18.8 Å². The molecule has 1 fully saturated rings. The van der Waals surface area contributed by atoms with E-state index in [4.69, 9.17) is 9.15 Å². The number of anilines is 1. The molecule has 2 aromatic rings. The first-order valence-electron chi connectivity index (χ1n) is 14.2. The van der Waals surface area contributed by atoms with Gasteiger partial charge in [-0.05, 0) is 63.3 Å². The van der Waals surface area contributed by atoms with Crippen molar-refractivity contribution in [1.29, 1.82) is 0 Å². The molecule has 2 aliphatic heterocycles. The van der Waals surface area contributed by atoms with E-state index >= 15 is 0 Å². The second kappa shape index (κ2) is 13.6. The maximum Gasteiger partial charge on any atom is 0.274 e. The molecule has 4 rings (SSSR count). The van der Waals surface area contributed by atoms with Gasteiger partial charge in [0.1, 0.15) is 23.9 Å². The number of morpholine rings is 1. The lowest BCUT2D eigenvalue weighted by molar-refractivity contribution is -0.124. The fraction of sp³-hybridized carbons (Fsp3) is 0.552. The average molecular weight is 569 g/mol. The summed E-state index contributed by atoms with van der Waals surface area (Å²) in [6, 6.07) is 5.07. The first-order valence-corrected chi connectivity index (χ1v) is 14.2. The summed E-state index contributed by atoms with van der Waals surface area (Å²) >= 11 is 0. The zero-order chi connectivity index (χ0) is 29.5. The number of fused-ring (bicyclic) bond motifs is 2. The predicted octanol–water partition coefficient (Wildman–Crippen LogP) is 1.85. The normalized spacial score (nSPS) is 23.0. The number of carbonyl (C=O) groups is 4. The van der Waals surface area contributed by atoms with Gasteiger partial charge in [-0.3, -0.25) is 19.2 Å². The minimum Gasteiger partial charge on any atom is -0.443 e. The Kier molecular flexibility index (Phi) is 9.98. The average Bonchev–Trinajstić information content (AvgIpc) is 3.35. The van der Waals surface area contributed by atoms with Crippen molar-refractivity contribution in [2.45, 2.75) is 65.1 Å². The molecule has 222 valence electrons. The number of aromatic nitrogens is 1. The van der Waals surface area contributed by atoms with Crippen molar-refractivity contribution < 1.29 is 28.3 Å². The van der Waals surface area contributed by atoms with Crippen molar-refractivity contribution >= 4 is 29.3 Å². The number of nitrogens with one attached hydrogen (secondary N) is 4. The van der Waals surface area contributed by atoms with Crippen LogP contribution in [0.4, 0.5) is 5.69 Å². The number of amides is 4. The van der Waals surface area contributed by atoms with Gasteiger partial charge in [0.15, 0.2) is 5.69 Å². The summed E-state index contributed by atoms with van der Waals surface area (Å²) in [4.78, 5) is 58.6. The highest BCUT2D eigenvalue weighted by Gasteiger charge is 2.31. The third kappa shape index (κ3) is 7.63. The maximum atomic E-state index is 13.5. The first-order chi connectivity index (χ1) is 19.6. The third-order valence-electron chi connectivity index (χ3n) is 7.35. The number of rotatable bonds is 4. The molecule has 3 atom stereocenters. The summed E-state index contributed by atoms with van der Waals surface area (Å²) in [5.74, 6) is -1.26. The molecule has 0 aliphatic carbocycles. The molecule has 4 amide bonds. The van der Waals surface area contributed by atoms with Crippen LogP contribution in [0, 0.1) is 12.8 Å². The zero-order valence-corrected chi connectivity index (χ0v) is 24.1. The lowest BCUT2D eigenvalue weighted by Gasteiger charge is -2.29. The Morgan fingerprint density at radius 2 is 1.76 bits per heavy atom. The van der Waals surface area contributed by atoms with Gasteiger partial charge in [-0.15, -0.1) is 0 Å². The molecule has 3 heterocycles. The highest BCUT2D eigenvalue weighted by atomic mass is 16.5. The van der Waals surface area contributed by atoms with Crippen LogP contribution >= 0.6 is 0 Å². The minimum absolute atomic E-state index is 0.0528. The van der Waals surface area contributed by atoms with E-state index in [0.29, 0.717) is 44.6 Å². The monoisotopic (exact) mass is 568 g/mol. The first kappa shape index (κ1) is 30.0.